The average molecular weight is 216 g/mol. The molecule has 0 saturated heterocycles. The fraction of sp³-hybridized carbons (Fsp3) is 0. The van der Waals surface area contributed by atoms with Crippen LogP contribution in [0.3, 0.4) is 0 Å². The lowest BCUT2D eigenvalue weighted by molar-refractivity contribution is 0.422. The van der Waals surface area contributed by atoms with Crippen LogP contribution in [0.15, 0.2) is 49.2 Å². The molecule has 0 atom stereocenters. The number of hydrogen-bond donors (Lipinski definition) is 0. The molecule has 1 aromatic carbocycles. The number of aromatic nitrogens is 1. The van der Waals surface area contributed by atoms with Gasteiger partial charge in [0.15, 0.2) is 0 Å². The highest BCUT2D eigenvalue weighted by Gasteiger charge is 2.04. The van der Waals surface area contributed by atoms with Crippen molar-refractivity contribution >= 4 is 16.5 Å². The maximum atomic E-state index is 12.1. The van der Waals surface area contributed by atoms with Crippen molar-refractivity contribution < 1.29 is 8.78 Å². The number of nitrogens with zero attached hydrogens (tertiary/aromatic N) is 1. The molecular weight excluding hydrogens is 208 g/mol. The lowest BCUT2D eigenvalue weighted by Crippen LogP contribution is -1.86. The first-order valence-corrected chi connectivity index (χ1v) is 4.65. The molecule has 1 nitrogen and oxygen atoms in total. The lowest BCUT2D eigenvalue weighted by atomic mass is 10.0. The molecular formula is C13H8F2N. The van der Waals surface area contributed by atoms with Gasteiger partial charge in [-0.15, -0.1) is 0 Å². The van der Waals surface area contributed by atoms with E-state index in [9.17, 15) is 8.78 Å². The van der Waals surface area contributed by atoms with Gasteiger partial charge in [-0.3, -0.25) is 4.98 Å². The van der Waals surface area contributed by atoms with Gasteiger partial charge in [0.05, 0.1) is 5.52 Å². The molecule has 0 N–H and O–H groups in total. The summed E-state index contributed by atoms with van der Waals surface area (Å²) >= 11 is 0. The number of pyridine rings is 1. The van der Waals surface area contributed by atoms with Crippen LogP contribution in [0.25, 0.3) is 16.5 Å². The van der Waals surface area contributed by atoms with E-state index in [1.165, 1.54) is 6.20 Å². The zero-order valence-electron chi connectivity index (χ0n) is 8.37. The highest BCUT2D eigenvalue weighted by molar-refractivity contribution is 5.92. The third kappa shape index (κ3) is 1.98. The first-order valence-electron chi connectivity index (χ1n) is 4.65. The van der Waals surface area contributed by atoms with Crippen LogP contribution < -0.4 is 0 Å². The topological polar surface area (TPSA) is 12.9 Å². The van der Waals surface area contributed by atoms with Crippen LogP contribution in [0, 0.1) is 6.07 Å². The Labute approximate surface area is 91.7 Å². The van der Waals surface area contributed by atoms with Gasteiger partial charge in [0, 0.05) is 29.3 Å². The van der Waals surface area contributed by atoms with Gasteiger partial charge >= 0.3 is 0 Å². The summed E-state index contributed by atoms with van der Waals surface area (Å²) < 4.78 is 24.3. The molecule has 16 heavy (non-hydrogen) atoms. The fourth-order valence-corrected chi connectivity index (χ4v) is 1.52. The number of benzene rings is 1. The second-order valence-electron chi connectivity index (χ2n) is 3.27. The Balaban J connectivity index is 2.61. The lowest BCUT2D eigenvalue weighted by Gasteiger charge is -2.04. The monoisotopic (exact) mass is 216 g/mol. The first-order chi connectivity index (χ1) is 7.68. The number of allylic oxidation sites excluding steroid dienone is 2. The SMILES string of the molecule is C=C(C=C(F)F)c1cccc2c[c]cnc12. The van der Waals surface area contributed by atoms with Gasteiger partial charge in [-0.2, -0.15) is 8.78 Å². The Morgan fingerprint density at radius 3 is 2.94 bits per heavy atom. The van der Waals surface area contributed by atoms with Crippen molar-refractivity contribution in [1.82, 2.24) is 4.98 Å². The number of rotatable bonds is 2. The van der Waals surface area contributed by atoms with E-state index in [-0.39, 0.29) is 5.57 Å². The summed E-state index contributed by atoms with van der Waals surface area (Å²) in [5, 5.41) is 0.855. The van der Waals surface area contributed by atoms with Gasteiger partial charge in [0.2, 0.25) is 0 Å². The Kier molecular flexibility index (Phi) is 2.77. The molecule has 2 aromatic rings. The quantitative estimate of drug-likeness (QED) is 0.695. The molecule has 0 aliphatic rings. The van der Waals surface area contributed by atoms with Crippen molar-refractivity contribution in [1.29, 1.82) is 0 Å². The average Bonchev–Trinajstić information content (AvgIpc) is 2.27. The van der Waals surface area contributed by atoms with Crippen LogP contribution in [-0.2, 0) is 0 Å². The van der Waals surface area contributed by atoms with Gasteiger partial charge in [-0.25, -0.2) is 0 Å². The minimum Gasteiger partial charge on any atom is -0.255 e. The third-order valence-corrected chi connectivity index (χ3v) is 2.20. The summed E-state index contributed by atoms with van der Waals surface area (Å²) in [4.78, 5) is 4.12. The Hall–Kier alpha value is -2.03. The molecule has 0 saturated carbocycles. The Bertz CT molecular complexity index is 564. The highest BCUT2D eigenvalue weighted by atomic mass is 19.3. The van der Waals surface area contributed by atoms with Crippen molar-refractivity contribution in [3.63, 3.8) is 0 Å². The minimum absolute atomic E-state index is 0.254. The number of fused-ring (bicyclic) bond motifs is 1. The van der Waals surface area contributed by atoms with Crippen molar-refractivity contribution in [3.8, 4) is 0 Å². The maximum Gasteiger partial charge on any atom is 0.270 e. The standard InChI is InChI=1S/C13H8F2N/c1-9(8-12(14)15)11-6-2-4-10-5-3-7-16-13(10)11/h2,4-8H,1H2. The van der Waals surface area contributed by atoms with Gasteiger partial charge in [0.25, 0.3) is 6.08 Å². The van der Waals surface area contributed by atoms with Crippen LogP contribution in [0.1, 0.15) is 5.56 Å². The van der Waals surface area contributed by atoms with E-state index in [1.807, 2.05) is 6.07 Å². The zero-order valence-corrected chi connectivity index (χ0v) is 8.37. The van der Waals surface area contributed by atoms with Crippen molar-refractivity contribution in [2.24, 2.45) is 0 Å². The molecule has 0 fully saturated rings. The normalized spacial score (nSPS) is 10.1. The third-order valence-electron chi connectivity index (χ3n) is 2.20. The van der Waals surface area contributed by atoms with E-state index >= 15 is 0 Å². The molecule has 0 unspecified atom stereocenters. The predicted octanol–water partition coefficient (Wildman–Crippen LogP) is 3.83. The molecule has 79 valence electrons. The molecule has 1 radical (unpaired) electrons. The molecule has 1 heterocycles. The van der Waals surface area contributed by atoms with Crippen LogP contribution in [0.5, 0.6) is 0 Å². The number of hydrogen-bond acceptors (Lipinski definition) is 1. The van der Waals surface area contributed by atoms with Gasteiger partial charge in [0.1, 0.15) is 0 Å². The summed E-state index contributed by atoms with van der Waals surface area (Å²) in [7, 11) is 0. The summed E-state index contributed by atoms with van der Waals surface area (Å²) in [5.41, 5.74) is 1.52. The summed E-state index contributed by atoms with van der Waals surface area (Å²) in [6.45, 7) is 3.61. The molecule has 0 aliphatic carbocycles. The van der Waals surface area contributed by atoms with Crippen LogP contribution in [0.4, 0.5) is 8.78 Å². The molecule has 0 aliphatic heterocycles. The molecule has 3 heteroatoms. The van der Waals surface area contributed by atoms with Crippen LogP contribution in [-0.4, -0.2) is 4.98 Å². The van der Waals surface area contributed by atoms with E-state index in [2.05, 4.69) is 17.6 Å². The smallest absolute Gasteiger partial charge is 0.255 e. The second kappa shape index (κ2) is 4.23. The van der Waals surface area contributed by atoms with Gasteiger partial charge < -0.3 is 0 Å². The number of halogens is 2. The second-order valence-corrected chi connectivity index (χ2v) is 3.27. The van der Waals surface area contributed by atoms with E-state index in [0.717, 1.165) is 11.5 Å². The molecule has 0 spiro atoms. The van der Waals surface area contributed by atoms with Gasteiger partial charge in [-0.05, 0) is 11.6 Å². The molecule has 2 rings (SSSR count). The van der Waals surface area contributed by atoms with E-state index < -0.39 is 6.08 Å². The van der Waals surface area contributed by atoms with E-state index in [0.29, 0.717) is 11.1 Å². The Morgan fingerprint density at radius 1 is 1.38 bits per heavy atom. The highest BCUT2D eigenvalue weighted by Crippen LogP contribution is 2.23. The van der Waals surface area contributed by atoms with Crippen LogP contribution >= 0.6 is 0 Å². The molecule has 0 amide bonds. The summed E-state index contributed by atoms with van der Waals surface area (Å²) in [6.07, 6.45) is 0.492. The van der Waals surface area contributed by atoms with Crippen molar-refractivity contribution in [2.75, 3.05) is 0 Å². The predicted molar refractivity (Wildman–Crippen MR) is 59.9 cm³/mol. The van der Waals surface area contributed by atoms with E-state index in [4.69, 9.17) is 0 Å². The minimum atomic E-state index is -1.76. The maximum absolute atomic E-state index is 12.1. The largest absolute Gasteiger partial charge is 0.270 e. The van der Waals surface area contributed by atoms with Crippen molar-refractivity contribution in [2.45, 2.75) is 0 Å². The molecule has 1 aromatic heterocycles. The first kappa shape index (κ1) is 10.5. The Morgan fingerprint density at radius 2 is 2.19 bits per heavy atom. The fourth-order valence-electron chi connectivity index (χ4n) is 1.52. The van der Waals surface area contributed by atoms with Gasteiger partial charge in [-0.1, -0.05) is 24.8 Å². The summed E-state index contributed by atoms with van der Waals surface area (Å²) in [5.74, 6) is 0. The van der Waals surface area contributed by atoms with Crippen LogP contribution in [0.2, 0.25) is 0 Å². The van der Waals surface area contributed by atoms with Crippen molar-refractivity contribution in [3.05, 3.63) is 60.8 Å². The molecule has 0 bridgehead atoms. The summed E-state index contributed by atoms with van der Waals surface area (Å²) in [6, 6.07) is 9.95. The zero-order chi connectivity index (χ0) is 11.5. The number of para-hydroxylation sites is 1. The van der Waals surface area contributed by atoms with E-state index in [1.54, 1.807) is 18.2 Å².